The molecule has 0 aliphatic rings. The van der Waals surface area contributed by atoms with Crippen LogP contribution in [0.3, 0.4) is 0 Å². The van der Waals surface area contributed by atoms with Gasteiger partial charge in [-0.25, -0.2) is 4.98 Å². The monoisotopic (exact) mass is 339 g/mol. The highest BCUT2D eigenvalue weighted by molar-refractivity contribution is 6.35. The van der Waals surface area contributed by atoms with E-state index < -0.39 is 0 Å². The molecule has 2 aromatic rings. The Morgan fingerprint density at radius 3 is 2.53 bits per heavy atom. The molecule has 0 bridgehead atoms. The Morgan fingerprint density at radius 1 is 1.16 bits per heavy atom. The van der Waals surface area contributed by atoms with Crippen molar-refractivity contribution < 1.29 is 0 Å². The molecule has 0 amide bonds. The van der Waals surface area contributed by atoms with Gasteiger partial charge in [0.25, 0.3) is 0 Å². The van der Waals surface area contributed by atoms with E-state index in [1.807, 2.05) is 6.07 Å². The molecule has 0 atom stereocenters. The van der Waals surface area contributed by atoms with Crippen molar-refractivity contribution >= 4 is 59.5 Å². The van der Waals surface area contributed by atoms with Gasteiger partial charge in [0.15, 0.2) is 0 Å². The first-order valence-electron chi connectivity index (χ1n) is 5.05. The van der Waals surface area contributed by atoms with Crippen molar-refractivity contribution in [2.45, 2.75) is 6.54 Å². The Morgan fingerprint density at radius 2 is 1.89 bits per heavy atom. The highest BCUT2D eigenvalue weighted by Gasteiger charge is 2.03. The van der Waals surface area contributed by atoms with Crippen molar-refractivity contribution in [3.63, 3.8) is 0 Å². The van der Waals surface area contributed by atoms with E-state index in [0.29, 0.717) is 28.1 Å². The summed E-state index contributed by atoms with van der Waals surface area (Å²) in [5.41, 5.74) is 7.32. The maximum Gasteiger partial charge on any atom is 0.149 e. The molecule has 1 heterocycles. The van der Waals surface area contributed by atoms with Gasteiger partial charge in [-0.1, -0.05) is 29.3 Å². The summed E-state index contributed by atoms with van der Waals surface area (Å²) < 4.78 is 0. The number of nitrogens with one attached hydrogen (secondary N) is 1. The number of nitrogen functional groups attached to an aromatic ring is 1. The van der Waals surface area contributed by atoms with Gasteiger partial charge in [-0.15, -0.1) is 24.8 Å². The standard InChI is InChI=1S/C12H11Cl2N3.2ClH/c13-9-4-3-8(10(14)6-9)7-17-12-11(15)2-1-5-16-12;;/h1-6H,7,15H2,(H,16,17);2*1H. The van der Waals surface area contributed by atoms with Crippen LogP contribution in [-0.4, -0.2) is 4.98 Å². The molecule has 3 N–H and O–H groups in total. The summed E-state index contributed by atoms with van der Waals surface area (Å²) in [6.07, 6.45) is 1.68. The summed E-state index contributed by atoms with van der Waals surface area (Å²) in [6, 6.07) is 8.96. The third kappa shape index (κ3) is 4.96. The van der Waals surface area contributed by atoms with Crippen molar-refractivity contribution in [1.29, 1.82) is 0 Å². The third-order valence-electron chi connectivity index (χ3n) is 2.30. The maximum absolute atomic E-state index is 6.06. The molecule has 0 aliphatic carbocycles. The zero-order valence-corrected chi connectivity index (χ0v) is 12.9. The SMILES string of the molecule is Cl.Cl.Nc1cccnc1NCc1ccc(Cl)cc1Cl. The highest BCUT2D eigenvalue weighted by Crippen LogP contribution is 2.22. The van der Waals surface area contributed by atoms with Gasteiger partial charge < -0.3 is 11.1 Å². The Hall–Kier alpha value is -0.870. The topological polar surface area (TPSA) is 50.9 Å². The molecule has 2 rings (SSSR count). The maximum atomic E-state index is 6.06. The van der Waals surface area contributed by atoms with Gasteiger partial charge in [0, 0.05) is 22.8 Å². The number of nitrogens with two attached hydrogens (primary N) is 1. The van der Waals surface area contributed by atoms with E-state index in [9.17, 15) is 0 Å². The van der Waals surface area contributed by atoms with Crippen LogP contribution in [0.4, 0.5) is 11.5 Å². The fourth-order valence-electron chi connectivity index (χ4n) is 1.41. The second-order valence-corrected chi connectivity index (χ2v) is 4.37. The fraction of sp³-hybridized carbons (Fsp3) is 0.0833. The fourth-order valence-corrected chi connectivity index (χ4v) is 1.88. The first-order valence-corrected chi connectivity index (χ1v) is 5.80. The quantitative estimate of drug-likeness (QED) is 0.869. The third-order valence-corrected chi connectivity index (χ3v) is 2.89. The van der Waals surface area contributed by atoms with Gasteiger partial charge in [-0.3, -0.25) is 0 Å². The van der Waals surface area contributed by atoms with Crippen LogP contribution in [0.2, 0.25) is 10.0 Å². The van der Waals surface area contributed by atoms with Crippen LogP contribution in [0.15, 0.2) is 36.5 Å². The normalized spacial score (nSPS) is 9.16. The molecule has 0 saturated heterocycles. The number of rotatable bonds is 3. The van der Waals surface area contributed by atoms with E-state index in [2.05, 4.69) is 10.3 Å². The van der Waals surface area contributed by atoms with E-state index in [-0.39, 0.29) is 24.8 Å². The van der Waals surface area contributed by atoms with Gasteiger partial charge in [0.1, 0.15) is 5.82 Å². The summed E-state index contributed by atoms with van der Waals surface area (Å²) in [6.45, 7) is 0.553. The number of hydrogen-bond donors (Lipinski definition) is 2. The predicted octanol–water partition coefficient (Wildman–Crippen LogP) is 4.43. The largest absolute Gasteiger partial charge is 0.396 e. The van der Waals surface area contributed by atoms with Gasteiger partial charge in [0.05, 0.1) is 5.69 Å². The van der Waals surface area contributed by atoms with E-state index in [1.54, 1.807) is 30.5 Å². The zero-order valence-electron chi connectivity index (χ0n) is 9.77. The van der Waals surface area contributed by atoms with E-state index in [1.165, 1.54) is 0 Å². The Labute approximate surface area is 134 Å². The summed E-state index contributed by atoms with van der Waals surface area (Å²) in [5.74, 6) is 0.651. The first kappa shape index (κ1) is 18.1. The molecule has 0 spiro atoms. The Kier molecular flexibility index (Phi) is 7.95. The Bertz CT molecular complexity index is 534. The minimum absolute atomic E-state index is 0. The van der Waals surface area contributed by atoms with E-state index >= 15 is 0 Å². The van der Waals surface area contributed by atoms with Crippen molar-refractivity contribution in [2.75, 3.05) is 11.1 Å². The molecule has 0 unspecified atom stereocenters. The van der Waals surface area contributed by atoms with Gasteiger partial charge >= 0.3 is 0 Å². The molecule has 0 aliphatic heterocycles. The molecular weight excluding hydrogens is 328 g/mol. The lowest BCUT2D eigenvalue weighted by Gasteiger charge is -2.09. The molecule has 3 nitrogen and oxygen atoms in total. The number of anilines is 2. The number of halogens is 4. The minimum atomic E-state index is 0. The van der Waals surface area contributed by atoms with Crippen molar-refractivity contribution in [3.8, 4) is 0 Å². The van der Waals surface area contributed by atoms with Crippen LogP contribution in [0.1, 0.15) is 5.56 Å². The molecule has 7 heteroatoms. The van der Waals surface area contributed by atoms with Gasteiger partial charge in [-0.2, -0.15) is 0 Å². The smallest absolute Gasteiger partial charge is 0.149 e. The van der Waals surface area contributed by atoms with E-state index in [4.69, 9.17) is 28.9 Å². The molecular formula is C12H13Cl4N3. The van der Waals surface area contributed by atoms with Gasteiger partial charge in [0.2, 0.25) is 0 Å². The highest BCUT2D eigenvalue weighted by atomic mass is 35.5. The Balaban J connectivity index is 0.00000162. The van der Waals surface area contributed by atoms with Crippen LogP contribution in [0, 0.1) is 0 Å². The second-order valence-electron chi connectivity index (χ2n) is 3.53. The molecule has 19 heavy (non-hydrogen) atoms. The van der Waals surface area contributed by atoms with Gasteiger partial charge in [-0.05, 0) is 29.8 Å². The molecule has 1 aromatic carbocycles. The van der Waals surface area contributed by atoms with Crippen LogP contribution in [0.5, 0.6) is 0 Å². The second kappa shape index (κ2) is 8.33. The minimum Gasteiger partial charge on any atom is -0.396 e. The summed E-state index contributed by atoms with van der Waals surface area (Å²) in [5, 5.41) is 4.37. The predicted molar refractivity (Wildman–Crippen MR) is 86.9 cm³/mol. The lowest BCUT2D eigenvalue weighted by molar-refractivity contribution is 1.11. The van der Waals surface area contributed by atoms with Crippen LogP contribution >= 0.6 is 48.0 Å². The summed E-state index contributed by atoms with van der Waals surface area (Å²) in [4.78, 5) is 4.14. The molecule has 1 aromatic heterocycles. The number of benzene rings is 1. The molecule has 104 valence electrons. The van der Waals surface area contributed by atoms with Crippen molar-refractivity contribution in [3.05, 3.63) is 52.1 Å². The zero-order chi connectivity index (χ0) is 12.3. The van der Waals surface area contributed by atoms with E-state index in [0.717, 1.165) is 5.56 Å². The van der Waals surface area contributed by atoms with Crippen LogP contribution < -0.4 is 11.1 Å². The average Bonchev–Trinajstić information content (AvgIpc) is 2.30. The number of hydrogen-bond acceptors (Lipinski definition) is 3. The van der Waals surface area contributed by atoms with Crippen LogP contribution in [-0.2, 0) is 6.54 Å². The molecule has 0 saturated carbocycles. The first-order chi connectivity index (χ1) is 8.16. The molecule has 0 radical (unpaired) electrons. The molecule has 0 fully saturated rings. The number of aromatic nitrogens is 1. The lowest BCUT2D eigenvalue weighted by atomic mass is 10.2. The van der Waals surface area contributed by atoms with Crippen LogP contribution in [0.25, 0.3) is 0 Å². The average molecular weight is 341 g/mol. The summed E-state index contributed by atoms with van der Waals surface area (Å²) in [7, 11) is 0. The lowest BCUT2D eigenvalue weighted by Crippen LogP contribution is -2.04. The number of pyridine rings is 1. The van der Waals surface area contributed by atoms with Crippen molar-refractivity contribution in [1.82, 2.24) is 4.98 Å². The summed E-state index contributed by atoms with van der Waals surface area (Å²) >= 11 is 11.9. The van der Waals surface area contributed by atoms with Crippen molar-refractivity contribution in [2.24, 2.45) is 0 Å². The number of nitrogens with zero attached hydrogens (tertiary/aromatic N) is 1.